The van der Waals surface area contributed by atoms with Gasteiger partial charge in [-0.05, 0) is 55.3 Å². The summed E-state index contributed by atoms with van der Waals surface area (Å²) in [4.78, 5) is 0. The number of oxime groups is 1. The van der Waals surface area contributed by atoms with E-state index in [9.17, 15) is 0 Å². The molecule has 0 unspecified atom stereocenters. The van der Waals surface area contributed by atoms with Gasteiger partial charge in [0.1, 0.15) is 11.5 Å². The molecule has 6 heteroatoms. The molecule has 0 aromatic heterocycles. The lowest BCUT2D eigenvalue weighted by Gasteiger charge is -2.15. The second-order valence-electron chi connectivity index (χ2n) is 4.60. The smallest absolute Gasteiger partial charge is 0.173 e. The van der Waals surface area contributed by atoms with E-state index in [-0.39, 0.29) is 5.84 Å². The summed E-state index contributed by atoms with van der Waals surface area (Å²) >= 11 is 9.40. The minimum atomic E-state index is -0.0123. The monoisotopic (exact) mass is 368 g/mol. The largest absolute Gasteiger partial charge is 0.456 e. The average Bonchev–Trinajstić information content (AvgIpc) is 2.42. The van der Waals surface area contributed by atoms with Gasteiger partial charge in [0.2, 0.25) is 0 Å². The van der Waals surface area contributed by atoms with Gasteiger partial charge in [-0.25, -0.2) is 0 Å². The highest BCUT2D eigenvalue weighted by Gasteiger charge is 2.13. The maximum Gasteiger partial charge on any atom is 0.173 e. The van der Waals surface area contributed by atoms with Crippen LogP contribution >= 0.6 is 27.5 Å². The Morgan fingerprint density at radius 3 is 2.43 bits per heavy atom. The zero-order valence-corrected chi connectivity index (χ0v) is 13.9. The van der Waals surface area contributed by atoms with Gasteiger partial charge in [0.05, 0.1) is 5.56 Å². The highest BCUT2D eigenvalue weighted by Crippen LogP contribution is 2.34. The maximum absolute atomic E-state index is 8.87. The quantitative estimate of drug-likeness (QED) is 0.359. The van der Waals surface area contributed by atoms with Gasteiger partial charge in [0, 0.05) is 9.50 Å². The molecule has 2 rings (SSSR count). The van der Waals surface area contributed by atoms with Crippen LogP contribution in [0.4, 0.5) is 0 Å². The van der Waals surface area contributed by atoms with Gasteiger partial charge in [-0.2, -0.15) is 0 Å². The number of nitrogens with two attached hydrogens (primary N) is 1. The van der Waals surface area contributed by atoms with Crippen LogP contribution in [-0.4, -0.2) is 11.0 Å². The van der Waals surface area contributed by atoms with Crippen LogP contribution in [0.25, 0.3) is 0 Å². The molecular formula is C15H14BrClN2O2. The molecule has 3 N–H and O–H groups in total. The Morgan fingerprint density at radius 1 is 1.24 bits per heavy atom. The molecule has 2 aromatic carbocycles. The van der Waals surface area contributed by atoms with Gasteiger partial charge in [-0.3, -0.25) is 0 Å². The Bertz CT molecular complexity index is 694. The van der Waals surface area contributed by atoms with Gasteiger partial charge < -0.3 is 15.7 Å². The van der Waals surface area contributed by atoms with E-state index in [4.69, 9.17) is 27.3 Å². The molecule has 0 bridgehead atoms. The Kier molecular flexibility index (Phi) is 4.75. The van der Waals surface area contributed by atoms with Crippen molar-refractivity contribution in [2.75, 3.05) is 0 Å². The number of hydrogen-bond donors (Lipinski definition) is 2. The normalized spacial score (nSPS) is 11.5. The van der Waals surface area contributed by atoms with Crippen LogP contribution in [0.15, 0.2) is 40.0 Å². The first-order valence-corrected chi connectivity index (χ1v) is 7.31. The number of ether oxygens (including phenoxy) is 1. The molecule has 0 amide bonds. The maximum atomic E-state index is 8.87. The van der Waals surface area contributed by atoms with Gasteiger partial charge >= 0.3 is 0 Å². The van der Waals surface area contributed by atoms with Crippen molar-refractivity contribution < 1.29 is 9.94 Å². The molecule has 0 radical (unpaired) electrons. The summed E-state index contributed by atoms with van der Waals surface area (Å²) in [5.41, 5.74) is 8.01. The molecule has 0 atom stereocenters. The molecule has 0 aliphatic rings. The molecule has 0 fully saturated rings. The molecule has 0 heterocycles. The van der Waals surface area contributed by atoms with Crippen molar-refractivity contribution in [1.29, 1.82) is 0 Å². The molecule has 2 aromatic rings. The third kappa shape index (κ3) is 3.49. The van der Waals surface area contributed by atoms with Crippen LogP contribution in [0, 0.1) is 13.8 Å². The third-order valence-corrected chi connectivity index (χ3v) is 3.68. The molecule has 0 spiro atoms. The summed E-state index contributed by atoms with van der Waals surface area (Å²) in [5.74, 6) is 1.18. The van der Waals surface area contributed by atoms with Crippen molar-refractivity contribution in [1.82, 2.24) is 0 Å². The Labute approximate surface area is 136 Å². The molecule has 0 saturated heterocycles. The van der Waals surface area contributed by atoms with Gasteiger partial charge in [-0.1, -0.05) is 32.7 Å². The van der Waals surface area contributed by atoms with E-state index in [2.05, 4.69) is 21.1 Å². The van der Waals surface area contributed by atoms with Crippen molar-refractivity contribution in [3.05, 3.63) is 56.5 Å². The fourth-order valence-electron chi connectivity index (χ4n) is 2.01. The van der Waals surface area contributed by atoms with E-state index in [1.165, 1.54) is 0 Å². The number of nitrogens with zero attached hydrogens (tertiary/aromatic N) is 1. The number of hydrogen-bond acceptors (Lipinski definition) is 3. The molecular weight excluding hydrogens is 356 g/mol. The van der Waals surface area contributed by atoms with E-state index in [0.29, 0.717) is 22.1 Å². The first-order valence-electron chi connectivity index (χ1n) is 6.14. The van der Waals surface area contributed by atoms with Crippen molar-refractivity contribution in [3.63, 3.8) is 0 Å². The highest BCUT2D eigenvalue weighted by atomic mass is 79.9. The number of halogens is 2. The second-order valence-corrected chi connectivity index (χ2v) is 5.95. The predicted molar refractivity (Wildman–Crippen MR) is 87.7 cm³/mol. The van der Waals surface area contributed by atoms with Crippen LogP contribution < -0.4 is 10.5 Å². The van der Waals surface area contributed by atoms with Crippen molar-refractivity contribution in [2.24, 2.45) is 10.9 Å². The zero-order valence-electron chi connectivity index (χ0n) is 11.5. The average molecular weight is 370 g/mol. The van der Waals surface area contributed by atoms with E-state index < -0.39 is 0 Å². The topological polar surface area (TPSA) is 67.8 Å². The van der Waals surface area contributed by atoms with E-state index >= 15 is 0 Å². The summed E-state index contributed by atoms with van der Waals surface area (Å²) in [5, 5.41) is 12.6. The number of aryl methyl sites for hydroxylation is 2. The molecule has 21 heavy (non-hydrogen) atoms. The van der Waals surface area contributed by atoms with E-state index in [1.54, 1.807) is 18.2 Å². The van der Waals surface area contributed by atoms with Crippen LogP contribution in [0.2, 0.25) is 5.02 Å². The summed E-state index contributed by atoms with van der Waals surface area (Å²) in [6, 6.07) is 8.92. The summed E-state index contributed by atoms with van der Waals surface area (Å²) in [6.45, 7) is 3.82. The minimum Gasteiger partial charge on any atom is -0.456 e. The van der Waals surface area contributed by atoms with Crippen molar-refractivity contribution in [2.45, 2.75) is 13.8 Å². The molecule has 110 valence electrons. The minimum absolute atomic E-state index is 0.0123. The Morgan fingerprint density at radius 2 is 1.86 bits per heavy atom. The lowest BCUT2D eigenvalue weighted by molar-refractivity contribution is 0.318. The van der Waals surface area contributed by atoms with Gasteiger partial charge in [0.25, 0.3) is 0 Å². The third-order valence-electron chi connectivity index (χ3n) is 2.96. The zero-order chi connectivity index (χ0) is 15.6. The number of benzene rings is 2. The van der Waals surface area contributed by atoms with Crippen LogP contribution in [0.5, 0.6) is 11.5 Å². The highest BCUT2D eigenvalue weighted by molar-refractivity contribution is 9.10. The lowest BCUT2D eigenvalue weighted by Crippen LogP contribution is -2.14. The Balaban J connectivity index is 2.52. The van der Waals surface area contributed by atoms with Crippen LogP contribution in [0.3, 0.4) is 0 Å². The SMILES string of the molecule is Cc1cc(Cl)cc(C)c1Oc1cc(Br)ccc1/C(N)=N/O. The van der Waals surface area contributed by atoms with Crippen LogP contribution in [0.1, 0.15) is 16.7 Å². The molecule has 0 aliphatic heterocycles. The van der Waals surface area contributed by atoms with E-state index in [1.807, 2.05) is 26.0 Å². The fourth-order valence-corrected chi connectivity index (χ4v) is 2.68. The van der Waals surface area contributed by atoms with Gasteiger partial charge in [-0.15, -0.1) is 0 Å². The lowest BCUT2D eigenvalue weighted by atomic mass is 10.1. The van der Waals surface area contributed by atoms with Crippen molar-refractivity contribution in [3.8, 4) is 11.5 Å². The van der Waals surface area contributed by atoms with E-state index in [0.717, 1.165) is 15.6 Å². The first kappa shape index (κ1) is 15.7. The Hall–Kier alpha value is -1.72. The summed E-state index contributed by atoms with van der Waals surface area (Å²) in [7, 11) is 0. The summed E-state index contributed by atoms with van der Waals surface area (Å²) < 4.78 is 6.80. The molecule has 0 saturated carbocycles. The summed E-state index contributed by atoms with van der Waals surface area (Å²) in [6.07, 6.45) is 0. The van der Waals surface area contributed by atoms with Gasteiger partial charge in [0.15, 0.2) is 5.84 Å². The standard InChI is InChI=1S/C15H14BrClN2O2/c1-8-5-11(17)6-9(2)14(8)21-13-7-10(16)3-4-12(13)15(18)19-20/h3-7,20H,1-2H3,(H2,18,19). The molecule has 4 nitrogen and oxygen atoms in total. The fraction of sp³-hybridized carbons (Fsp3) is 0.133. The van der Waals surface area contributed by atoms with Crippen LogP contribution in [-0.2, 0) is 0 Å². The predicted octanol–water partition coefficient (Wildman–Crippen LogP) is 4.61. The number of rotatable bonds is 3. The second kappa shape index (κ2) is 6.37. The van der Waals surface area contributed by atoms with Crippen molar-refractivity contribution >= 4 is 33.4 Å². The molecule has 0 aliphatic carbocycles. The number of amidine groups is 1. The first-order chi connectivity index (χ1) is 9.92.